The number of methoxy groups -OCH3 is 1. The number of ether oxygens (including phenoxy) is 1. The topological polar surface area (TPSA) is 72.8 Å². The zero-order valence-electron chi connectivity index (χ0n) is 14.9. The number of nitrogens with zero attached hydrogens (tertiary/aromatic N) is 1. The average Bonchev–Trinajstić information content (AvgIpc) is 2.68. The summed E-state index contributed by atoms with van der Waals surface area (Å²) in [6.07, 6.45) is 0. The molecule has 1 unspecified atom stereocenters. The monoisotopic (exact) mass is 449 g/mol. The summed E-state index contributed by atoms with van der Waals surface area (Å²) in [6, 6.07) is 21.3. The normalized spacial score (nSPS) is 13.6. The fourth-order valence-electron chi connectivity index (χ4n) is 2.48. The van der Waals surface area contributed by atoms with E-state index in [1.165, 1.54) is 19.2 Å². The van der Waals surface area contributed by atoms with Crippen LogP contribution < -0.4 is 13.7 Å². The Bertz CT molecular complexity index is 1150. The third-order valence-electron chi connectivity index (χ3n) is 3.96. The Morgan fingerprint density at radius 1 is 0.815 bits per heavy atom. The predicted molar refractivity (Wildman–Crippen MR) is 106 cm³/mol. The first kappa shape index (κ1) is 19.3. The minimum atomic E-state index is -4.37. The van der Waals surface area contributed by atoms with E-state index in [9.17, 15) is 12.3 Å². The van der Waals surface area contributed by atoms with Crippen LogP contribution >= 0.6 is 0 Å². The molecule has 0 N–H and O–H groups in total. The van der Waals surface area contributed by atoms with Crippen molar-refractivity contribution in [3.8, 4) is 5.75 Å². The number of rotatable bonds is 5. The van der Waals surface area contributed by atoms with E-state index in [2.05, 4.69) is 3.37 Å². The Kier molecular flexibility index (Phi) is 5.46. The molecular formula is C20H19NO4SSe. The maximum atomic E-state index is 13.9. The second-order valence-corrected chi connectivity index (χ2v) is 12.6. The second-order valence-electron chi connectivity index (χ2n) is 5.88. The van der Waals surface area contributed by atoms with Crippen LogP contribution in [0.25, 0.3) is 0 Å². The summed E-state index contributed by atoms with van der Waals surface area (Å²) in [5.41, 5.74) is 0.930. The predicted octanol–water partition coefficient (Wildman–Crippen LogP) is 2.65. The molecule has 5 nitrogen and oxygen atoms in total. The summed E-state index contributed by atoms with van der Waals surface area (Å²) in [7, 11) is -2.57. The summed E-state index contributed by atoms with van der Waals surface area (Å²) in [6.45, 7) is 1.86. The van der Waals surface area contributed by atoms with E-state index in [0.717, 1.165) is 5.56 Å². The Morgan fingerprint density at radius 2 is 1.37 bits per heavy atom. The molecule has 0 aromatic heterocycles. The van der Waals surface area contributed by atoms with E-state index in [0.29, 0.717) is 14.7 Å². The van der Waals surface area contributed by atoms with Gasteiger partial charge in [-0.25, -0.2) is 0 Å². The quantitative estimate of drug-likeness (QED) is 0.563. The van der Waals surface area contributed by atoms with Crippen molar-refractivity contribution in [3.05, 3.63) is 84.4 Å². The zero-order valence-corrected chi connectivity index (χ0v) is 17.4. The Morgan fingerprint density at radius 3 is 1.93 bits per heavy atom. The van der Waals surface area contributed by atoms with Crippen molar-refractivity contribution in [1.29, 1.82) is 0 Å². The van der Waals surface area contributed by atoms with Crippen LogP contribution in [-0.4, -0.2) is 28.1 Å². The van der Waals surface area contributed by atoms with Gasteiger partial charge in [0.15, 0.2) is 0 Å². The minimum absolute atomic E-state index is 0.0231. The van der Waals surface area contributed by atoms with Crippen LogP contribution in [0.4, 0.5) is 0 Å². The summed E-state index contributed by atoms with van der Waals surface area (Å²) in [5.74, 6) is 0.590. The summed E-state index contributed by atoms with van der Waals surface area (Å²) >= 11 is -4.37. The number of sulfonamides is 1. The van der Waals surface area contributed by atoms with E-state index in [-0.39, 0.29) is 4.90 Å². The van der Waals surface area contributed by atoms with Crippen molar-refractivity contribution < 1.29 is 17.0 Å². The number of hydrogen-bond acceptors (Lipinski definition) is 4. The number of hydrogen-bond donors (Lipinski definition) is 0. The number of aryl methyl sites for hydroxylation is 1. The van der Waals surface area contributed by atoms with E-state index >= 15 is 0 Å². The Labute approximate surface area is 160 Å². The molecule has 140 valence electrons. The first-order chi connectivity index (χ1) is 12.8. The molecule has 0 fully saturated rings. The van der Waals surface area contributed by atoms with E-state index in [4.69, 9.17) is 4.74 Å². The van der Waals surface area contributed by atoms with Crippen molar-refractivity contribution >= 4 is 31.5 Å². The van der Waals surface area contributed by atoms with Gasteiger partial charge in [0.1, 0.15) is 0 Å². The first-order valence-corrected chi connectivity index (χ1v) is 12.8. The third kappa shape index (κ3) is 4.11. The van der Waals surface area contributed by atoms with Crippen molar-refractivity contribution in [3.63, 3.8) is 0 Å². The standard InChI is InChI=1S/C20H19NO4SSe/c1-16-8-12-18(13-9-16)26(22,23)21-27(24,19-6-4-3-5-7-19)20-14-10-17(25-2)11-15-20/h3-15H,1-2H3. The SMILES string of the molecule is COc1ccc([Se](=O)(=NS(=O)(=O)c2ccc(C)cc2)c2ccccc2)cc1. The van der Waals surface area contributed by atoms with Crippen LogP contribution in [0.1, 0.15) is 5.56 Å². The van der Waals surface area contributed by atoms with Crippen molar-refractivity contribution in [2.45, 2.75) is 11.8 Å². The fraction of sp³-hybridized carbons (Fsp3) is 0.100. The summed E-state index contributed by atoms with van der Waals surface area (Å²) in [4.78, 5) is 0.0231. The summed E-state index contributed by atoms with van der Waals surface area (Å²) in [5, 5.41) is 0. The molecule has 0 aliphatic carbocycles. The molecule has 3 rings (SSSR count). The van der Waals surface area contributed by atoms with Gasteiger partial charge in [0.05, 0.1) is 0 Å². The molecule has 1 atom stereocenters. The molecule has 0 amide bonds. The molecule has 7 heteroatoms. The van der Waals surface area contributed by atoms with Gasteiger partial charge in [0.2, 0.25) is 0 Å². The molecule has 0 saturated heterocycles. The van der Waals surface area contributed by atoms with Crippen LogP contribution in [0.2, 0.25) is 0 Å². The zero-order chi connectivity index (χ0) is 19.5. The second kappa shape index (κ2) is 7.64. The van der Waals surface area contributed by atoms with Crippen molar-refractivity contribution in [1.82, 2.24) is 0 Å². The third-order valence-corrected chi connectivity index (χ3v) is 11.6. The van der Waals surface area contributed by atoms with Gasteiger partial charge in [-0.2, -0.15) is 0 Å². The van der Waals surface area contributed by atoms with E-state index in [1.54, 1.807) is 66.7 Å². The van der Waals surface area contributed by atoms with Gasteiger partial charge in [0.25, 0.3) is 0 Å². The van der Waals surface area contributed by atoms with Gasteiger partial charge in [-0.3, -0.25) is 0 Å². The molecule has 3 aromatic carbocycles. The Hall–Kier alpha value is -2.47. The molecule has 3 aromatic rings. The Balaban J connectivity index is 2.25. The van der Waals surface area contributed by atoms with Gasteiger partial charge < -0.3 is 0 Å². The fourth-order valence-corrected chi connectivity index (χ4v) is 9.59. The van der Waals surface area contributed by atoms with Crippen LogP contribution in [0.3, 0.4) is 0 Å². The molecule has 0 aliphatic heterocycles. The first-order valence-electron chi connectivity index (χ1n) is 8.14. The van der Waals surface area contributed by atoms with Gasteiger partial charge in [-0.05, 0) is 0 Å². The molecule has 0 aliphatic rings. The van der Waals surface area contributed by atoms with Crippen LogP contribution in [0.5, 0.6) is 5.75 Å². The maximum absolute atomic E-state index is 13.9. The van der Waals surface area contributed by atoms with Crippen LogP contribution in [0.15, 0.2) is 87.1 Å². The van der Waals surface area contributed by atoms with Gasteiger partial charge >= 0.3 is 161 Å². The molecule has 0 spiro atoms. The van der Waals surface area contributed by atoms with E-state index < -0.39 is 22.6 Å². The average molecular weight is 448 g/mol. The molecule has 0 bridgehead atoms. The van der Waals surface area contributed by atoms with Crippen LogP contribution in [0, 0.1) is 6.92 Å². The molecular weight excluding hydrogens is 429 g/mol. The number of benzene rings is 3. The van der Waals surface area contributed by atoms with Crippen molar-refractivity contribution in [2.24, 2.45) is 3.37 Å². The molecule has 0 heterocycles. The van der Waals surface area contributed by atoms with Crippen LogP contribution in [-0.2, 0) is 13.9 Å². The molecule has 0 radical (unpaired) electrons. The van der Waals surface area contributed by atoms with E-state index in [1.807, 2.05) is 6.92 Å². The molecule has 0 saturated carbocycles. The summed E-state index contributed by atoms with van der Waals surface area (Å²) < 4.78 is 49.6. The molecule has 27 heavy (non-hydrogen) atoms. The van der Waals surface area contributed by atoms with Crippen molar-refractivity contribution in [2.75, 3.05) is 7.11 Å². The van der Waals surface area contributed by atoms with Gasteiger partial charge in [0, 0.05) is 0 Å². The van der Waals surface area contributed by atoms with Gasteiger partial charge in [-0.15, -0.1) is 0 Å². The van der Waals surface area contributed by atoms with Gasteiger partial charge in [-0.1, -0.05) is 0 Å².